The van der Waals surface area contributed by atoms with Crippen LogP contribution in [-0.4, -0.2) is 23.7 Å². The van der Waals surface area contributed by atoms with Gasteiger partial charge in [-0.3, -0.25) is 4.57 Å². The lowest BCUT2D eigenvalue weighted by molar-refractivity contribution is 1.01. The standard InChI is InChI=1S/C58H35N5/c1-3-14-37(15-4-1)57-45-21-7-10-22-48(45)59-58(60-57)63-53-25-13-16-36-26-29-44-41(30-33-54(63)56(44)55(36)53)38-27-31-51-46(34-38)42-19-8-12-24-50(42)62(51)40-28-32-52-47(35-40)43-20-9-11-23-49(43)61(52)39-17-5-2-6-18-39/h1-35H. The average Bonchev–Trinajstić information content (AvgIpc) is 3.99. The van der Waals surface area contributed by atoms with Crippen molar-refractivity contribution < 1.29 is 0 Å². The second-order valence-electron chi connectivity index (χ2n) is 16.6. The van der Waals surface area contributed by atoms with Gasteiger partial charge in [-0.05, 0) is 94.7 Å². The monoisotopic (exact) mass is 801 g/mol. The van der Waals surface area contributed by atoms with E-state index in [0.29, 0.717) is 5.95 Å². The molecule has 0 aliphatic rings. The lowest BCUT2D eigenvalue weighted by Crippen LogP contribution is -2.03. The Hall–Kier alpha value is -8.54. The van der Waals surface area contributed by atoms with E-state index in [9.17, 15) is 0 Å². The molecule has 10 aromatic carbocycles. The van der Waals surface area contributed by atoms with Crippen molar-refractivity contribution in [1.29, 1.82) is 0 Å². The van der Waals surface area contributed by atoms with Gasteiger partial charge in [0.25, 0.3) is 0 Å². The molecule has 0 atom stereocenters. The minimum Gasteiger partial charge on any atom is -0.309 e. The molecule has 0 aliphatic carbocycles. The molecular formula is C58H35N5. The molecule has 5 nitrogen and oxygen atoms in total. The van der Waals surface area contributed by atoms with Crippen LogP contribution in [0.5, 0.6) is 0 Å². The Labute approximate surface area is 361 Å². The molecule has 4 aromatic heterocycles. The molecule has 0 spiro atoms. The van der Waals surface area contributed by atoms with E-state index >= 15 is 0 Å². The highest BCUT2D eigenvalue weighted by Gasteiger charge is 2.23. The summed E-state index contributed by atoms with van der Waals surface area (Å²) in [6, 6.07) is 76.6. The quantitative estimate of drug-likeness (QED) is 0.163. The molecule has 0 unspecified atom stereocenters. The van der Waals surface area contributed by atoms with E-state index in [4.69, 9.17) is 9.97 Å². The predicted molar refractivity (Wildman–Crippen MR) is 262 cm³/mol. The second-order valence-corrected chi connectivity index (χ2v) is 16.6. The maximum atomic E-state index is 5.34. The van der Waals surface area contributed by atoms with Gasteiger partial charge in [0.05, 0.1) is 44.3 Å². The van der Waals surface area contributed by atoms with E-state index in [1.165, 1.54) is 76.3 Å². The van der Waals surface area contributed by atoms with Crippen LogP contribution in [0.2, 0.25) is 0 Å². The van der Waals surface area contributed by atoms with Crippen LogP contribution in [0.15, 0.2) is 212 Å². The van der Waals surface area contributed by atoms with Crippen LogP contribution < -0.4 is 0 Å². The number of hydrogen-bond acceptors (Lipinski definition) is 2. The van der Waals surface area contributed by atoms with Gasteiger partial charge in [0.1, 0.15) is 0 Å². The minimum atomic E-state index is 0.669. The van der Waals surface area contributed by atoms with Gasteiger partial charge in [-0.1, -0.05) is 140 Å². The SMILES string of the molecule is c1ccc(-c2nc(-n3c4cccc5ccc6c(-c7ccc8c(c7)c7ccccc7n8-c7ccc8c(c7)c7ccccc7n8-c7ccccc7)ccc3c6c54)nc3ccccc23)cc1. The van der Waals surface area contributed by atoms with Gasteiger partial charge < -0.3 is 9.13 Å². The highest BCUT2D eigenvalue weighted by Crippen LogP contribution is 2.44. The van der Waals surface area contributed by atoms with Crippen molar-refractivity contribution in [2.45, 2.75) is 0 Å². The van der Waals surface area contributed by atoms with Crippen LogP contribution >= 0.6 is 0 Å². The lowest BCUT2D eigenvalue weighted by atomic mass is 9.94. The molecule has 0 fully saturated rings. The van der Waals surface area contributed by atoms with Crippen LogP contribution in [0, 0.1) is 0 Å². The number of benzene rings is 10. The third kappa shape index (κ3) is 4.87. The number of aromatic nitrogens is 5. The van der Waals surface area contributed by atoms with Crippen molar-refractivity contribution in [2.24, 2.45) is 0 Å². The fourth-order valence-corrected chi connectivity index (χ4v) is 10.5. The average molecular weight is 802 g/mol. The zero-order chi connectivity index (χ0) is 41.2. The molecule has 0 saturated carbocycles. The van der Waals surface area contributed by atoms with Crippen molar-refractivity contribution >= 4 is 87.1 Å². The normalized spacial score (nSPS) is 12.1. The Morgan fingerprint density at radius 3 is 1.70 bits per heavy atom. The van der Waals surface area contributed by atoms with E-state index in [0.717, 1.165) is 44.6 Å². The van der Waals surface area contributed by atoms with Crippen molar-refractivity contribution in [3.63, 3.8) is 0 Å². The molecule has 63 heavy (non-hydrogen) atoms. The number of rotatable bonds is 5. The number of nitrogens with zero attached hydrogens (tertiary/aromatic N) is 5. The Morgan fingerprint density at radius 1 is 0.302 bits per heavy atom. The minimum absolute atomic E-state index is 0.669. The first-order chi connectivity index (χ1) is 31.3. The highest BCUT2D eigenvalue weighted by atomic mass is 15.2. The van der Waals surface area contributed by atoms with Gasteiger partial charge >= 0.3 is 0 Å². The van der Waals surface area contributed by atoms with Crippen LogP contribution in [0.25, 0.3) is 127 Å². The largest absolute Gasteiger partial charge is 0.309 e. The first-order valence-electron chi connectivity index (χ1n) is 21.5. The second kappa shape index (κ2) is 13.0. The first kappa shape index (κ1) is 34.2. The lowest BCUT2D eigenvalue weighted by Gasteiger charge is -2.12. The fraction of sp³-hybridized carbons (Fsp3) is 0. The summed E-state index contributed by atoms with van der Waals surface area (Å²) >= 11 is 0. The maximum absolute atomic E-state index is 5.34. The molecule has 14 aromatic rings. The summed E-state index contributed by atoms with van der Waals surface area (Å²) in [4.78, 5) is 10.6. The molecule has 14 rings (SSSR count). The smallest absolute Gasteiger partial charge is 0.235 e. The summed E-state index contributed by atoms with van der Waals surface area (Å²) in [5.41, 5.74) is 14.6. The van der Waals surface area contributed by atoms with E-state index in [-0.39, 0.29) is 0 Å². The van der Waals surface area contributed by atoms with Gasteiger partial charge in [0, 0.05) is 54.6 Å². The van der Waals surface area contributed by atoms with Crippen molar-refractivity contribution in [3.05, 3.63) is 212 Å². The molecule has 5 heteroatoms. The van der Waals surface area contributed by atoms with E-state index < -0.39 is 0 Å². The number of para-hydroxylation sites is 4. The Kier molecular flexibility index (Phi) is 7.05. The molecule has 0 radical (unpaired) electrons. The van der Waals surface area contributed by atoms with Gasteiger partial charge in [-0.15, -0.1) is 0 Å². The van der Waals surface area contributed by atoms with Gasteiger partial charge in [0.2, 0.25) is 5.95 Å². The summed E-state index contributed by atoms with van der Waals surface area (Å²) in [6.45, 7) is 0. The van der Waals surface area contributed by atoms with Crippen molar-refractivity contribution in [3.8, 4) is 39.7 Å². The molecule has 0 saturated heterocycles. The van der Waals surface area contributed by atoms with Crippen LogP contribution in [0.3, 0.4) is 0 Å². The van der Waals surface area contributed by atoms with Crippen LogP contribution in [0.4, 0.5) is 0 Å². The Morgan fingerprint density at radius 2 is 0.905 bits per heavy atom. The van der Waals surface area contributed by atoms with Crippen molar-refractivity contribution in [1.82, 2.24) is 23.7 Å². The molecule has 292 valence electrons. The van der Waals surface area contributed by atoms with E-state index in [2.05, 4.69) is 220 Å². The molecule has 0 aliphatic heterocycles. The van der Waals surface area contributed by atoms with Gasteiger partial charge in [-0.25, -0.2) is 9.97 Å². The Bertz CT molecular complexity index is 4140. The third-order valence-corrected chi connectivity index (χ3v) is 13.2. The topological polar surface area (TPSA) is 40.6 Å². The third-order valence-electron chi connectivity index (χ3n) is 13.2. The summed E-state index contributed by atoms with van der Waals surface area (Å²) in [5, 5.41) is 10.8. The summed E-state index contributed by atoms with van der Waals surface area (Å²) in [6.07, 6.45) is 0. The fourth-order valence-electron chi connectivity index (χ4n) is 10.5. The maximum Gasteiger partial charge on any atom is 0.235 e. The molecule has 0 amide bonds. The van der Waals surface area contributed by atoms with E-state index in [1.54, 1.807) is 0 Å². The zero-order valence-corrected chi connectivity index (χ0v) is 33.9. The molecular weight excluding hydrogens is 767 g/mol. The van der Waals surface area contributed by atoms with Crippen LogP contribution in [-0.2, 0) is 0 Å². The Balaban J connectivity index is 0.964. The predicted octanol–water partition coefficient (Wildman–Crippen LogP) is 14.8. The number of hydrogen-bond donors (Lipinski definition) is 0. The zero-order valence-electron chi connectivity index (χ0n) is 33.9. The van der Waals surface area contributed by atoms with Gasteiger partial charge in [-0.2, -0.15) is 0 Å². The van der Waals surface area contributed by atoms with E-state index in [1.807, 2.05) is 6.07 Å². The summed E-state index contributed by atoms with van der Waals surface area (Å²) in [5.74, 6) is 0.669. The number of fused-ring (bicyclic) bond motifs is 7. The molecule has 4 heterocycles. The molecule has 0 bridgehead atoms. The van der Waals surface area contributed by atoms with Crippen LogP contribution in [0.1, 0.15) is 0 Å². The van der Waals surface area contributed by atoms with Crippen molar-refractivity contribution in [2.75, 3.05) is 0 Å². The summed E-state index contributed by atoms with van der Waals surface area (Å²) < 4.78 is 7.07. The molecule has 0 N–H and O–H groups in total. The summed E-state index contributed by atoms with van der Waals surface area (Å²) in [7, 11) is 0. The van der Waals surface area contributed by atoms with Gasteiger partial charge in [0.15, 0.2) is 0 Å². The highest BCUT2D eigenvalue weighted by molar-refractivity contribution is 6.27. The first-order valence-corrected chi connectivity index (χ1v) is 21.5.